The fourth-order valence-electron chi connectivity index (χ4n) is 1.71. The van der Waals surface area contributed by atoms with Gasteiger partial charge in [0.15, 0.2) is 0 Å². The minimum atomic E-state index is -4.38. The minimum absolute atomic E-state index is 1.13. The van der Waals surface area contributed by atoms with Gasteiger partial charge >= 0.3 is 12.1 Å². The zero-order valence-electron chi connectivity index (χ0n) is 6.64. The number of carboxylic acid groups (broad SMARTS) is 1. The molecule has 0 amide bonds. The van der Waals surface area contributed by atoms with Crippen molar-refractivity contribution in [2.45, 2.75) is 20.0 Å². The lowest BCUT2D eigenvalue weighted by atomic mass is 10.1. The molecule has 0 aliphatic heterocycles. The molecule has 2 nitrogen and oxygen atoms in total. The lowest BCUT2D eigenvalue weighted by Crippen LogP contribution is -2.15. The summed E-state index contributed by atoms with van der Waals surface area (Å²) in [5.74, 6) is -4.30. The molecular formula is C7H9F3O2. The molecule has 5 heteroatoms. The highest BCUT2D eigenvalue weighted by molar-refractivity contribution is 5.75. The van der Waals surface area contributed by atoms with Gasteiger partial charge in [0.05, 0.1) is 11.8 Å². The number of rotatable bonds is 1. The van der Waals surface area contributed by atoms with E-state index < -0.39 is 29.4 Å². The van der Waals surface area contributed by atoms with E-state index in [0.717, 1.165) is 0 Å². The molecule has 0 saturated heterocycles. The van der Waals surface area contributed by atoms with Gasteiger partial charge in [0.2, 0.25) is 0 Å². The van der Waals surface area contributed by atoms with E-state index in [1.807, 2.05) is 0 Å². The maximum absolute atomic E-state index is 12.1. The summed E-state index contributed by atoms with van der Waals surface area (Å²) < 4.78 is 36.3. The van der Waals surface area contributed by atoms with Crippen LogP contribution in [-0.2, 0) is 4.79 Å². The molecule has 1 rings (SSSR count). The minimum Gasteiger partial charge on any atom is -0.481 e. The molecule has 1 aliphatic rings. The van der Waals surface area contributed by atoms with Gasteiger partial charge in [-0.05, 0) is 5.41 Å². The maximum atomic E-state index is 12.1. The highest BCUT2D eigenvalue weighted by Gasteiger charge is 2.73. The molecule has 0 aromatic carbocycles. The van der Waals surface area contributed by atoms with E-state index in [-0.39, 0.29) is 0 Å². The van der Waals surface area contributed by atoms with E-state index in [1.54, 1.807) is 0 Å². The summed E-state index contributed by atoms with van der Waals surface area (Å²) in [7, 11) is 0. The maximum Gasteiger partial charge on any atom is 0.393 e. The van der Waals surface area contributed by atoms with Crippen LogP contribution >= 0.6 is 0 Å². The van der Waals surface area contributed by atoms with Crippen molar-refractivity contribution >= 4 is 5.97 Å². The summed E-state index contributed by atoms with van der Waals surface area (Å²) in [5, 5.41) is 8.42. The zero-order valence-corrected chi connectivity index (χ0v) is 6.64. The van der Waals surface area contributed by atoms with Crippen molar-refractivity contribution in [1.82, 2.24) is 0 Å². The summed E-state index contributed by atoms with van der Waals surface area (Å²) in [6.45, 7) is 2.65. The second-order valence-corrected chi connectivity index (χ2v) is 3.66. The summed E-state index contributed by atoms with van der Waals surface area (Å²) in [5.41, 5.74) is -1.13. The molecule has 1 fully saturated rings. The predicted octanol–water partition coefficient (Wildman–Crippen LogP) is 1.91. The number of aliphatic carboxylic acids is 1. The fraction of sp³-hybridized carbons (Fsp3) is 0.857. The van der Waals surface area contributed by atoms with Crippen LogP contribution in [0.15, 0.2) is 0 Å². The molecule has 70 valence electrons. The van der Waals surface area contributed by atoms with E-state index in [9.17, 15) is 18.0 Å². The molecule has 0 radical (unpaired) electrons. The van der Waals surface area contributed by atoms with Gasteiger partial charge < -0.3 is 5.11 Å². The second kappa shape index (κ2) is 2.14. The van der Waals surface area contributed by atoms with Gasteiger partial charge in [-0.25, -0.2) is 0 Å². The van der Waals surface area contributed by atoms with E-state index in [4.69, 9.17) is 5.11 Å². The normalized spacial score (nSPS) is 33.1. The van der Waals surface area contributed by atoms with Crippen LogP contribution in [0.4, 0.5) is 13.2 Å². The Morgan fingerprint density at radius 3 is 1.92 bits per heavy atom. The van der Waals surface area contributed by atoms with Crippen LogP contribution < -0.4 is 0 Å². The fourth-order valence-corrected chi connectivity index (χ4v) is 1.71. The van der Waals surface area contributed by atoms with Crippen molar-refractivity contribution < 1.29 is 23.1 Å². The van der Waals surface area contributed by atoms with Crippen molar-refractivity contribution in [2.75, 3.05) is 0 Å². The van der Waals surface area contributed by atoms with Gasteiger partial charge in [-0.3, -0.25) is 4.79 Å². The van der Waals surface area contributed by atoms with Crippen molar-refractivity contribution in [3.8, 4) is 0 Å². The Kier molecular flexibility index (Phi) is 1.67. The number of alkyl halides is 3. The molecule has 1 saturated carbocycles. The first kappa shape index (κ1) is 9.35. The van der Waals surface area contributed by atoms with E-state index >= 15 is 0 Å². The largest absolute Gasteiger partial charge is 0.481 e. The van der Waals surface area contributed by atoms with E-state index in [2.05, 4.69) is 0 Å². The monoisotopic (exact) mass is 182 g/mol. The van der Waals surface area contributed by atoms with Crippen LogP contribution in [-0.4, -0.2) is 17.3 Å². The molecule has 1 N–H and O–H groups in total. The molecule has 0 heterocycles. The van der Waals surface area contributed by atoms with Crippen LogP contribution in [0.5, 0.6) is 0 Å². The Balaban J connectivity index is 2.80. The molecule has 0 aromatic heterocycles. The molecule has 1 aliphatic carbocycles. The number of hydrogen-bond acceptors (Lipinski definition) is 1. The lowest BCUT2D eigenvalue weighted by Gasteiger charge is -2.05. The highest BCUT2D eigenvalue weighted by atomic mass is 19.4. The van der Waals surface area contributed by atoms with Crippen LogP contribution in [0.3, 0.4) is 0 Å². The molecule has 12 heavy (non-hydrogen) atoms. The average Bonchev–Trinajstić information content (AvgIpc) is 2.31. The quantitative estimate of drug-likeness (QED) is 0.672. The van der Waals surface area contributed by atoms with Crippen molar-refractivity contribution in [2.24, 2.45) is 17.3 Å². The SMILES string of the molecule is CC1(C)C(C(=O)O)C1C(F)(F)F. The molecular weight excluding hydrogens is 173 g/mol. The van der Waals surface area contributed by atoms with Crippen molar-refractivity contribution in [1.29, 1.82) is 0 Å². The summed E-state index contributed by atoms with van der Waals surface area (Å²) in [6, 6.07) is 0. The Morgan fingerprint density at radius 1 is 1.42 bits per heavy atom. The molecule has 2 unspecified atom stereocenters. The lowest BCUT2D eigenvalue weighted by molar-refractivity contribution is -0.163. The van der Waals surface area contributed by atoms with Crippen LogP contribution in [0.2, 0.25) is 0 Å². The first-order chi connectivity index (χ1) is 5.19. The smallest absolute Gasteiger partial charge is 0.393 e. The standard InChI is InChI=1S/C7H9F3O2/c1-6(2)3(5(11)12)4(6)7(8,9)10/h3-4H,1-2H3,(H,11,12). The Bertz CT molecular complexity index is 219. The summed E-state index contributed by atoms with van der Waals surface area (Å²) in [4.78, 5) is 10.3. The predicted molar refractivity (Wildman–Crippen MR) is 34.5 cm³/mol. The third kappa shape index (κ3) is 1.17. The molecule has 0 aromatic rings. The second-order valence-electron chi connectivity index (χ2n) is 3.66. The van der Waals surface area contributed by atoms with Crippen molar-refractivity contribution in [3.05, 3.63) is 0 Å². The van der Waals surface area contributed by atoms with Gasteiger partial charge in [-0.2, -0.15) is 13.2 Å². The number of halogens is 3. The Morgan fingerprint density at radius 2 is 1.83 bits per heavy atom. The summed E-state index contributed by atoms with van der Waals surface area (Å²) >= 11 is 0. The van der Waals surface area contributed by atoms with Crippen LogP contribution in [0.25, 0.3) is 0 Å². The molecule has 0 spiro atoms. The first-order valence-corrected chi connectivity index (χ1v) is 3.48. The third-order valence-corrected chi connectivity index (χ3v) is 2.45. The number of carbonyl (C=O) groups is 1. The van der Waals surface area contributed by atoms with Gasteiger partial charge in [0, 0.05) is 0 Å². The van der Waals surface area contributed by atoms with Gasteiger partial charge in [-0.15, -0.1) is 0 Å². The van der Waals surface area contributed by atoms with E-state index in [0.29, 0.717) is 0 Å². The summed E-state index contributed by atoms with van der Waals surface area (Å²) in [6.07, 6.45) is -4.38. The Labute approximate surface area is 67.4 Å². The van der Waals surface area contributed by atoms with Gasteiger partial charge in [0.25, 0.3) is 0 Å². The average molecular weight is 182 g/mol. The number of hydrogen-bond donors (Lipinski definition) is 1. The zero-order chi connectivity index (χ0) is 9.73. The molecule has 0 bridgehead atoms. The van der Waals surface area contributed by atoms with Gasteiger partial charge in [-0.1, -0.05) is 13.8 Å². The van der Waals surface area contributed by atoms with Crippen LogP contribution in [0, 0.1) is 17.3 Å². The van der Waals surface area contributed by atoms with Gasteiger partial charge in [0.1, 0.15) is 0 Å². The third-order valence-electron chi connectivity index (χ3n) is 2.45. The topological polar surface area (TPSA) is 37.3 Å². The van der Waals surface area contributed by atoms with Crippen molar-refractivity contribution in [3.63, 3.8) is 0 Å². The molecule has 2 atom stereocenters. The Hall–Kier alpha value is -0.740. The highest BCUT2D eigenvalue weighted by Crippen LogP contribution is 2.64. The number of carboxylic acids is 1. The van der Waals surface area contributed by atoms with E-state index in [1.165, 1.54) is 13.8 Å². The van der Waals surface area contributed by atoms with Crippen LogP contribution in [0.1, 0.15) is 13.8 Å². The first-order valence-electron chi connectivity index (χ1n) is 3.48.